The van der Waals surface area contributed by atoms with Crippen LogP contribution in [0.4, 0.5) is 5.00 Å². The van der Waals surface area contributed by atoms with Crippen molar-refractivity contribution in [2.24, 2.45) is 11.3 Å². The van der Waals surface area contributed by atoms with Crippen molar-refractivity contribution in [2.45, 2.75) is 66.3 Å². The molecule has 0 bridgehead atoms. The second kappa shape index (κ2) is 7.39. The summed E-state index contributed by atoms with van der Waals surface area (Å²) in [6, 6.07) is 3.29. The van der Waals surface area contributed by atoms with E-state index in [1.54, 1.807) is 12.1 Å². The van der Waals surface area contributed by atoms with E-state index in [0.717, 1.165) is 24.8 Å². The van der Waals surface area contributed by atoms with Crippen LogP contribution in [0.5, 0.6) is 0 Å². The molecular formula is C22H30N2O3S. The van der Waals surface area contributed by atoms with E-state index in [-0.39, 0.29) is 28.5 Å². The number of fused-ring (bicyclic) bond motifs is 1. The first-order valence-electron chi connectivity index (χ1n) is 9.77. The Morgan fingerprint density at radius 1 is 1.14 bits per heavy atom. The van der Waals surface area contributed by atoms with E-state index < -0.39 is 0 Å². The summed E-state index contributed by atoms with van der Waals surface area (Å²) in [7, 11) is 0. The number of carbonyl (C=O) groups excluding carboxylic acids is 2. The van der Waals surface area contributed by atoms with Gasteiger partial charge in [0.05, 0.1) is 11.8 Å². The molecule has 2 aromatic heterocycles. The van der Waals surface area contributed by atoms with E-state index in [9.17, 15) is 9.59 Å². The zero-order valence-electron chi connectivity index (χ0n) is 17.6. The van der Waals surface area contributed by atoms with Gasteiger partial charge in [-0.3, -0.25) is 9.59 Å². The Kier molecular flexibility index (Phi) is 5.45. The van der Waals surface area contributed by atoms with Crippen molar-refractivity contribution in [3.8, 4) is 0 Å². The lowest BCUT2D eigenvalue weighted by Gasteiger charge is -2.34. The first-order valence-corrected chi connectivity index (χ1v) is 10.6. The molecule has 2 heterocycles. The molecule has 2 N–H and O–H groups in total. The van der Waals surface area contributed by atoms with Gasteiger partial charge in [-0.25, -0.2) is 0 Å². The van der Waals surface area contributed by atoms with E-state index >= 15 is 0 Å². The molecule has 6 heteroatoms. The minimum Gasteiger partial charge on any atom is -0.459 e. The fraction of sp³-hybridized carbons (Fsp3) is 0.545. The summed E-state index contributed by atoms with van der Waals surface area (Å²) in [6.45, 7) is 12.7. The average Bonchev–Trinajstić information content (AvgIpc) is 3.19. The van der Waals surface area contributed by atoms with Gasteiger partial charge in [-0.05, 0) is 69.1 Å². The van der Waals surface area contributed by atoms with Crippen LogP contribution in [-0.2, 0) is 12.8 Å². The molecule has 0 saturated carbocycles. The number of furan rings is 1. The summed E-state index contributed by atoms with van der Waals surface area (Å²) < 4.78 is 5.20. The van der Waals surface area contributed by atoms with Gasteiger partial charge in [0.25, 0.3) is 11.8 Å². The predicted molar refractivity (Wildman–Crippen MR) is 113 cm³/mol. The third-order valence-corrected chi connectivity index (χ3v) is 6.35. The van der Waals surface area contributed by atoms with Crippen LogP contribution < -0.4 is 10.6 Å². The second-order valence-corrected chi connectivity index (χ2v) is 10.8. The smallest absolute Gasteiger partial charge is 0.291 e. The van der Waals surface area contributed by atoms with Crippen molar-refractivity contribution in [1.82, 2.24) is 5.32 Å². The molecule has 2 aromatic rings. The molecule has 1 aliphatic carbocycles. The highest BCUT2D eigenvalue weighted by Crippen LogP contribution is 2.44. The summed E-state index contributed by atoms with van der Waals surface area (Å²) in [5, 5.41) is 6.58. The average molecular weight is 403 g/mol. The molecule has 1 unspecified atom stereocenters. The van der Waals surface area contributed by atoms with E-state index in [2.05, 4.69) is 31.4 Å². The molecule has 0 spiro atoms. The molecule has 0 radical (unpaired) electrons. The maximum atomic E-state index is 13.1. The van der Waals surface area contributed by atoms with Crippen molar-refractivity contribution in [3.63, 3.8) is 0 Å². The molecule has 1 atom stereocenters. The van der Waals surface area contributed by atoms with Crippen molar-refractivity contribution >= 4 is 28.2 Å². The first-order chi connectivity index (χ1) is 13.0. The molecule has 0 fully saturated rings. The Hall–Kier alpha value is -2.08. The van der Waals surface area contributed by atoms with Crippen LogP contribution in [0, 0.1) is 11.3 Å². The Morgan fingerprint density at radius 3 is 2.43 bits per heavy atom. The van der Waals surface area contributed by atoms with Crippen molar-refractivity contribution in [3.05, 3.63) is 40.2 Å². The quantitative estimate of drug-likeness (QED) is 0.734. The first kappa shape index (κ1) is 20.6. The van der Waals surface area contributed by atoms with Crippen molar-refractivity contribution in [2.75, 3.05) is 5.32 Å². The van der Waals surface area contributed by atoms with Gasteiger partial charge in [-0.2, -0.15) is 0 Å². The highest BCUT2D eigenvalue weighted by Gasteiger charge is 2.34. The molecule has 0 aliphatic heterocycles. The number of hydrogen-bond donors (Lipinski definition) is 2. The largest absolute Gasteiger partial charge is 0.459 e. The van der Waals surface area contributed by atoms with Gasteiger partial charge >= 0.3 is 0 Å². The van der Waals surface area contributed by atoms with E-state index in [0.29, 0.717) is 16.5 Å². The number of carbonyl (C=O) groups is 2. The summed E-state index contributed by atoms with van der Waals surface area (Å²) >= 11 is 1.53. The van der Waals surface area contributed by atoms with Crippen molar-refractivity contribution < 1.29 is 14.0 Å². The minimum atomic E-state index is -0.350. The van der Waals surface area contributed by atoms with Crippen LogP contribution >= 0.6 is 11.3 Å². The Morgan fingerprint density at radius 2 is 1.86 bits per heavy atom. The van der Waals surface area contributed by atoms with Crippen LogP contribution in [0.25, 0.3) is 0 Å². The zero-order chi connectivity index (χ0) is 20.7. The SMILES string of the molecule is CC(C)(C)NC(=O)c1c(NC(=O)c2ccco2)sc2c1CCC(C(C)(C)C)C2. The van der Waals surface area contributed by atoms with Gasteiger partial charge in [0.2, 0.25) is 0 Å². The van der Waals surface area contributed by atoms with Crippen LogP contribution in [-0.4, -0.2) is 17.4 Å². The zero-order valence-corrected chi connectivity index (χ0v) is 18.4. The molecule has 0 aromatic carbocycles. The topological polar surface area (TPSA) is 71.3 Å². The molecule has 2 amide bonds. The Bertz CT molecular complexity index is 867. The molecular weight excluding hydrogens is 372 g/mol. The highest BCUT2D eigenvalue weighted by atomic mass is 32.1. The number of thiophene rings is 1. The summed E-state index contributed by atoms with van der Waals surface area (Å²) in [5.41, 5.74) is 1.56. The second-order valence-electron chi connectivity index (χ2n) is 9.65. The third-order valence-electron chi connectivity index (χ3n) is 5.18. The molecule has 5 nitrogen and oxygen atoms in total. The van der Waals surface area contributed by atoms with Crippen LogP contribution in [0.3, 0.4) is 0 Å². The lowest BCUT2D eigenvalue weighted by molar-refractivity contribution is 0.0919. The monoisotopic (exact) mass is 402 g/mol. The normalized spacial score (nSPS) is 17.1. The summed E-state index contributed by atoms with van der Waals surface area (Å²) in [4.78, 5) is 26.8. The number of nitrogens with one attached hydrogen (secondary N) is 2. The molecule has 1 aliphatic rings. The maximum Gasteiger partial charge on any atom is 0.291 e. The standard InChI is InChI=1S/C22H30N2O3S/c1-21(2,3)13-9-10-14-16(12-13)28-20(17(14)19(26)24-22(4,5)6)23-18(25)15-8-7-11-27-15/h7-8,11,13H,9-10,12H2,1-6H3,(H,23,25)(H,24,26). The predicted octanol–water partition coefficient (Wildman–Crippen LogP) is 5.27. The number of anilines is 1. The fourth-order valence-electron chi connectivity index (χ4n) is 3.63. The minimum absolute atomic E-state index is 0.131. The Balaban J connectivity index is 1.97. The van der Waals surface area contributed by atoms with Gasteiger partial charge in [0.1, 0.15) is 5.00 Å². The highest BCUT2D eigenvalue weighted by molar-refractivity contribution is 7.17. The van der Waals surface area contributed by atoms with E-state index in [4.69, 9.17) is 4.42 Å². The Labute approximate surface area is 170 Å². The number of rotatable bonds is 3. The van der Waals surface area contributed by atoms with Crippen molar-refractivity contribution in [1.29, 1.82) is 0 Å². The van der Waals surface area contributed by atoms with Gasteiger partial charge in [0.15, 0.2) is 5.76 Å². The lowest BCUT2D eigenvalue weighted by atomic mass is 9.72. The summed E-state index contributed by atoms with van der Waals surface area (Å²) in [6.07, 6.45) is 4.32. The molecule has 28 heavy (non-hydrogen) atoms. The number of hydrogen-bond acceptors (Lipinski definition) is 4. The molecule has 152 valence electrons. The summed E-state index contributed by atoms with van der Waals surface area (Å²) in [5.74, 6) is 0.335. The lowest BCUT2D eigenvalue weighted by Crippen LogP contribution is -2.41. The van der Waals surface area contributed by atoms with Gasteiger partial charge in [0, 0.05) is 10.4 Å². The number of amides is 2. The third kappa shape index (κ3) is 4.49. The molecule has 3 rings (SSSR count). The van der Waals surface area contributed by atoms with Crippen LogP contribution in [0.15, 0.2) is 22.8 Å². The van der Waals surface area contributed by atoms with E-state index in [1.165, 1.54) is 22.5 Å². The van der Waals surface area contributed by atoms with Gasteiger partial charge in [-0.1, -0.05) is 20.8 Å². The maximum absolute atomic E-state index is 13.1. The fourth-order valence-corrected chi connectivity index (χ4v) is 4.95. The van der Waals surface area contributed by atoms with Gasteiger partial charge < -0.3 is 15.1 Å². The van der Waals surface area contributed by atoms with Crippen LogP contribution in [0.2, 0.25) is 0 Å². The van der Waals surface area contributed by atoms with Gasteiger partial charge in [-0.15, -0.1) is 11.3 Å². The molecule has 0 saturated heterocycles. The van der Waals surface area contributed by atoms with E-state index in [1.807, 2.05) is 20.8 Å². The van der Waals surface area contributed by atoms with Crippen LogP contribution in [0.1, 0.15) is 79.3 Å².